The molecule has 0 aromatic heterocycles. The molecule has 0 radical (unpaired) electrons. The van der Waals surface area contributed by atoms with Crippen molar-refractivity contribution in [3.8, 4) is 30.0 Å². The molecule has 1 aromatic rings. The fourth-order valence-corrected chi connectivity index (χ4v) is 2.77. The van der Waals surface area contributed by atoms with E-state index in [1.807, 2.05) is 24.3 Å². The Morgan fingerprint density at radius 1 is 1.00 bits per heavy atom. The highest BCUT2D eigenvalue weighted by atomic mass is 16.5. The molecule has 1 unspecified atom stereocenters. The Kier molecular flexibility index (Phi) is 3.85. The normalized spacial score (nSPS) is 20.7. The minimum absolute atomic E-state index is 0.0633. The molecule has 106 valence electrons. The molecule has 1 aliphatic carbocycles. The first kappa shape index (κ1) is 15.1. The predicted octanol–water partition coefficient (Wildman–Crippen LogP) is 2.81. The average molecular weight is 288 g/mol. The largest absolute Gasteiger partial charge is 0.497 e. The minimum Gasteiger partial charge on any atom is -0.497 e. The molecule has 2 rings (SSSR count). The van der Waals surface area contributed by atoms with Gasteiger partial charge in [-0.15, -0.1) is 0 Å². The smallest absolute Gasteiger partial charge is 0.185 e. The van der Waals surface area contributed by atoms with Gasteiger partial charge >= 0.3 is 0 Å². The van der Waals surface area contributed by atoms with E-state index in [2.05, 4.69) is 0 Å². The third kappa shape index (κ3) is 1.89. The molecule has 1 aliphatic rings. The summed E-state index contributed by atoms with van der Waals surface area (Å²) in [6, 6.07) is 14.6. The van der Waals surface area contributed by atoms with Crippen molar-refractivity contribution in [2.75, 3.05) is 7.11 Å². The van der Waals surface area contributed by atoms with Gasteiger partial charge in [-0.1, -0.05) is 24.3 Å². The molecule has 1 aromatic carbocycles. The maximum absolute atomic E-state index is 9.64. The van der Waals surface area contributed by atoms with Crippen molar-refractivity contribution >= 4 is 0 Å². The molecule has 5 heteroatoms. The fourth-order valence-electron chi connectivity index (χ4n) is 2.77. The van der Waals surface area contributed by atoms with Crippen molar-refractivity contribution in [3.05, 3.63) is 42.0 Å². The molecule has 0 aliphatic heterocycles. The first-order valence-electron chi connectivity index (χ1n) is 6.58. The molecule has 22 heavy (non-hydrogen) atoms. The number of rotatable bonds is 2. The van der Waals surface area contributed by atoms with Crippen molar-refractivity contribution in [1.82, 2.24) is 0 Å². The van der Waals surface area contributed by atoms with Crippen LogP contribution in [0.4, 0.5) is 0 Å². The lowest BCUT2D eigenvalue weighted by Gasteiger charge is -2.38. The molecular weight excluding hydrogens is 276 g/mol. The predicted molar refractivity (Wildman–Crippen MR) is 76.8 cm³/mol. The van der Waals surface area contributed by atoms with Gasteiger partial charge in [0.15, 0.2) is 10.8 Å². The zero-order valence-electron chi connectivity index (χ0n) is 11.9. The summed E-state index contributed by atoms with van der Waals surface area (Å²) >= 11 is 0. The van der Waals surface area contributed by atoms with Gasteiger partial charge in [-0.2, -0.15) is 21.0 Å². The van der Waals surface area contributed by atoms with Crippen LogP contribution in [0.1, 0.15) is 17.9 Å². The average Bonchev–Trinajstić information content (AvgIpc) is 2.60. The molecule has 0 bridgehead atoms. The van der Waals surface area contributed by atoms with E-state index in [1.165, 1.54) is 0 Å². The van der Waals surface area contributed by atoms with E-state index in [0.29, 0.717) is 11.3 Å². The van der Waals surface area contributed by atoms with Gasteiger partial charge in [0.25, 0.3) is 0 Å². The number of hydrogen-bond acceptors (Lipinski definition) is 5. The molecule has 0 heterocycles. The molecule has 0 amide bonds. The molecule has 1 atom stereocenters. The summed E-state index contributed by atoms with van der Waals surface area (Å²) in [6.07, 6.45) is 3.48. The number of nitriles is 4. The standard InChI is InChI=1S/C17H12N4O/c1-22-14-6-4-13(5-7-14)15-3-2-8-16(9-18,10-19)17(15,11-20)12-21/h2-7,15H,8H2,1H3. The molecule has 0 saturated carbocycles. The van der Waals surface area contributed by atoms with Gasteiger partial charge < -0.3 is 4.74 Å². The van der Waals surface area contributed by atoms with E-state index in [1.54, 1.807) is 43.5 Å². The maximum Gasteiger partial charge on any atom is 0.185 e. The van der Waals surface area contributed by atoms with Crippen LogP contribution >= 0.6 is 0 Å². The van der Waals surface area contributed by atoms with Crippen molar-refractivity contribution in [3.63, 3.8) is 0 Å². The topological polar surface area (TPSA) is 104 Å². The van der Waals surface area contributed by atoms with Gasteiger partial charge in [-0.3, -0.25) is 0 Å². The molecule has 0 N–H and O–H groups in total. The lowest BCUT2D eigenvalue weighted by atomic mass is 9.54. The zero-order chi connectivity index (χ0) is 16.2. The van der Waals surface area contributed by atoms with Gasteiger partial charge in [0.05, 0.1) is 31.4 Å². The summed E-state index contributed by atoms with van der Waals surface area (Å²) in [5.41, 5.74) is -2.75. The van der Waals surface area contributed by atoms with Crippen LogP contribution in [0.25, 0.3) is 0 Å². The Morgan fingerprint density at radius 2 is 1.59 bits per heavy atom. The summed E-state index contributed by atoms with van der Waals surface area (Å²) in [4.78, 5) is 0. The molecular formula is C17H12N4O. The highest BCUT2D eigenvalue weighted by Crippen LogP contribution is 2.54. The maximum atomic E-state index is 9.64. The van der Waals surface area contributed by atoms with Crippen LogP contribution in [-0.2, 0) is 0 Å². The molecule has 0 fully saturated rings. The Balaban J connectivity index is 2.65. The van der Waals surface area contributed by atoms with Crippen LogP contribution in [0.5, 0.6) is 5.75 Å². The number of ether oxygens (including phenoxy) is 1. The summed E-state index contributed by atoms with van der Waals surface area (Å²) in [6.45, 7) is 0. The number of nitrogens with zero attached hydrogens (tertiary/aromatic N) is 4. The SMILES string of the molecule is COc1ccc(C2C=CCC(C#N)(C#N)C2(C#N)C#N)cc1. The van der Waals surface area contributed by atoms with Gasteiger partial charge in [0.2, 0.25) is 0 Å². The van der Waals surface area contributed by atoms with E-state index in [9.17, 15) is 21.0 Å². The number of hydrogen-bond donors (Lipinski definition) is 0. The van der Waals surface area contributed by atoms with Crippen molar-refractivity contribution in [2.45, 2.75) is 12.3 Å². The van der Waals surface area contributed by atoms with Crippen LogP contribution in [0.3, 0.4) is 0 Å². The van der Waals surface area contributed by atoms with Crippen LogP contribution < -0.4 is 4.74 Å². The Labute approximate surface area is 128 Å². The van der Waals surface area contributed by atoms with Gasteiger partial charge in [-0.05, 0) is 24.1 Å². The second-order valence-corrected chi connectivity index (χ2v) is 5.04. The second-order valence-electron chi connectivity index (χ2n) is 5.04. The Morgan fingerprint density at radius 3 is 2.05 bits per heavy atom. The van der Waals surface area contributed by atoms with Crippen LogP contribution in [0.15, 0.2) is 36.4 Å². The highest BCUT2D eigenvalue weighted by Gasteiger charge is 2.59. The quantitative estimate of drug-likeness (QED) is 0.778. The summed E-state index contributed by atoms with van der Waals surface area (Å²) in [7, 11) is 1.54. The van der Waals surface area contributed by atoms with E-state index in [-0.39, 0.29) is 6.42 Å². The third-order valence-corrected chi connectivity index (χ3v) is 4.10. The first-order chi connectivity index (χ1) is 10.6. The Bertz CT molecular complexity index is 737. The van der Waals surface area contributed by atoms with Crippen LogP contribution in [0.2, 0.25) is 0 Å². The number of methoxy groups -OCH3 is 1. The summed E-state index contributed by atoms with van der Waals surface area (Å²) in [5.74, 6) is -0.00339. The van der Waals surface area contributed by atoms with Gasteiger partial charge in [0.1, 0.15) is 5.75 Å². The molecule has 0 saturated heterocycles. The van der Waals surface area contributed by atoms with Crippen molar-refractivity contribution in [2.24, 2.45) is 10.8 Å². The zero-order valence-corrected chi connectivity index (χ0v) is 11.9. The van der Waals surface area contributed by atoms with Crippen molar-refractivity contribution < 1.29 is 4.74 Å². The number of benzene rings is 1. The van der Waals surface area contributed by atoms with Gasteiger partial charge in [0, 0.05) is 5.92 Å². The minimum atomic E-state index is -1.75. The Hall–Kier alpha value is -3.28. The number of allylic oxidation sites excluding steroid dienone is 2. The van der Waals surface area contributed by atoms with E-state index in [0.717, 1.165) is 0 Å². The van der Waals surface area contributed by atoms with E-state index in [4.69, 9.17) is 4.74 Å². The summed E-state index contributed by atoms with van der Waals surface area (Å²) in [5, 5.41) is 38.2. The van der Waals surface area contributed by atoms with E-state index < -0.39 is 16.7 Å². The highest BCUT2D eigenvalue weighted by molar-refractivity contribution is 5.47. The van der Waals surface area contributed by atoms with Crippen LogP contribution in [-0.4, -0.2) is 7.11 Å². The van der Waals surface area contributed by atoms with Gasteiger partial charge in [-0.25, -0.2) is 0 Å². The fraction of sp³-hybridized carbons (Fsp3) is 0.294. The lowest BCUT2D eigenvalue weighted by molar-refractivity contribution is 0.258. The lowest BCUT2D eigenvalue weighted by Crippen LogP contribution is -2.44. The molecule has 0 spiro atoms. The first-order valence-corrected chi connectivity index (χ1v) is 6.58. The monoisotopic (exact) mass is 288 g/mol. The summed E-state index contributed by atoms with van der Waals surface area (Å²) < 4.78 is 5.09. The van der Waals surface area contributed by atoms with Crippen LogP contribution in [0, 0.1) is 56.2 Å². The second kappa shape index (κ2) is 5.61. The van der Waals surface area contributed by atoms with Crippen molar-refractivity contribution in [1.29, 1.82) is 21.0 Å². The molecule has 5 nitrogen and oxygen atoms in total. The van der Waals surface area contributed by atoms with E-state index >= 15 is 0 Å². The third-order valence-electron chi connectivity index (χ3n) is 4.10.